The summed E-state index contributed by atoms with van der Waals surface area (Å²) in [7, 11) is 0. The van der Waals surface area contributed by atoms with E-state index in [1.807, 2.05) is 68.4 Å². The molecule has 0 saturated heterocycles. The van der Waals surface area contributed by atoms with Gasteiger partial charge in [0, 0.05) is 17.9 Å². The van der Waals surface area contributed by atoms with Gasteiger partial charge in [-0.1, -0.05) is 98.2 Å². The average molecular weight is 465 g/mol. The summed E-state index contributed by atoms with van der Waals surface area (Å²) in [6.45, 7) is 6.16. The van der Waals surface area contributed by atoms with Crippen LogP contribution in [-0.2, 0) is 16.0 Å². The maximum Gasteiger partial charge on any atom is 0.249 e. The lowest BCUT2D eigenvalue weighted by molar-refractivity contribution is -0.129. The van der Waals surface area contributed by atoms with Crippen LogP contribution >= 0.6 is 11.3 Å². The number of nitrogens with zero attached hydrogens (tertiary/aromatic N) is 2. The summed E-state index contributed by atoms with van der Waals surface area (Å²) in [6, 6.07) is 17.0. The van der Waals surface area contributed by atoms with E-state index in [9.17, 15) is 9.59 Å². The highest BCUT2D eigenvalue weighted by molar-refractivity contribution is 7.18. The summed E-state index contributed by atoms with van der Waals surface area (Å²) in [4.78, 5) is 26.1. The second-order valence-corrected chi connectivity index (χ2v) is 9.24. The summed E-state index contributed by atoms with van der Waals surface area (Å²) in [5.41, 5.74) is 3.10. The smallest absolute Gasteiger partial charge is 0.249 e. The number of amides is 2. The SMILES string of the molecule is CCCC[C@H](CC)C(=O)N[C@@H](Cc1ccccc1)C(=O)Nc1nnc(-c2ccc(C)cc2)s1. The maximum atomic E-state index is 13.2. The molecule has 3 aromatic rings. The standard InChI is InChI=1S/C26H32N4O2S/c1-4-6-12-20(5-2)23(31)27-22(17-19-10-8-7-9-11-19)24(32)28-26-30-29-25(33-26)21-15-13-18(3)14-16-21/h7-11,13-16,20,22H,4-6,12,17H2,1-3H3,(H,27,31)(H,28,30,32)/t20-,22-/m0/s1. The molecule has 0 fully saturated rings. The highest BCUT2D eigenvalue weighted by Crippen LogP contribution is 2.26. The third kappa shape index (κ3) is 7.22. The monoisotopic (exact) mass is 464 g/mol. The van der Waals surface area contributed by atoms with E-state index in [2.05, 4.69) is 27.8 Å². The van der Waals surface area contributed by atoms with Gasteiger partial charge in [0.2, 0.25) is 16.9 Å². The Balaban J connectivity index is 1.73. The molecule has 6 nitrogen and oxygen atoms in total. The van der Waals surface area contributed by atoms with Crippen molar-refractivity contribution in [2.45, 2.75) is 58.9 Å². The van der Waals surface area contributed by atoms with Crippen LogP contribution in [0.25, 0.3) is 10.6 Å². The molecule has 0 aliphatic heterocycles. The topological polar surface area (TPSA) is 84.0 Å². The lowest BCUT2D eigenvalue weighted by Crippen LogP contribution is -2.47. The Bertz CT molecular complexity index is 1030. The van der Waals surface area contributed by atoms with Crippen molar-refractivity contribution in [3.63, 3.8) is 0 Å². The molecule has 0 radical (unpaired) electrons. The van der Waals surface area contributed by atoms with Gasteiger partial charge in [-0.15, -0.1) is 10.2 Å². The van der Waals surface area contributed by atoms with Crippen LogP contribution in [0.1, 0.15) is 50.7 Å². The van der Waals surface area contributed by atoms with Gasteiger partial charge in [0.05, 0.1) is 0 Å². The van der Waals surface area contributed by atoms with Crippen LogP contribution < -0.4 is 10.6 Å². The van der Waals surface area contributed by atoms with Gasteiger partial charge in [-0.3, -0.25) is 14.9 Å². The Morgan fingerprint density at radius 2 is 1.70 bits per heavy atom. The minimum absolute atomic E-state index is 0.0698. The molecule has 0 spiro atoms. The first-order valence-corrected chi connectivity index (χ1v) is 12.4. The van der Waals surface area contributed by atoms with Crippen molar-refractivity contribution in [3.05, 3.63) is 65.7 Å². The zero-order chi connectivity index (χ0) is 23.6. The Labute approximate surface area is 199 Å². The van der Waals surface area contributed by atoms with E-state index in [0.29, 0.717) is 11.6 Å². The van der Waals surface area contributed by atoms with Crippen LogP contribution in [0.5, 0.6) is 0 Å². The van der Waals surface area contributed by atoms with E-state index in [4.69, 9.17) is 0 Å². The number of unbranched alkanes of at least 4 members (excludes halogenated alkanes) is 1. The van der Waals surface area contributed by atoms with Crippen molar-refractivity contribution in [1.82, 2.24) is 15.5 Å². The van der Waals surface area contributed by atoms with E-state index >= 15 is 0 Å². The molecular weight excluding hydrogens is 432 g/mol. The van der Waals surface area contributed by atoms with E-state index < -0.39 is 6.04 Å². The zero-order valence-corrected chi connectivity index (χ0v) is 20.3. The molecule has 2 aromatic carbocycles. The predicted octanol–water partition coefficient (Wildman–Crippen LogP) is 5.40. The number of carbonyl (C=O) groups is 2. The summed E-state index contributed by atoms with van der Waals surface area (Å²) in [6.07, 6.45) is 4.02. The third-order valence-corrected chi connectivity index (χ3v) is 6.53. The van der Waals surface area contributed by atoms with E-state index in [0.717, 1.165) is 41.8 Å². The number of rotatable bonds is 11. The van der Waals surface area contributed by atoms with Crippen LogP contribution in [0.3, 0.4) is 0 Å². The van der Waals surface area contributed by atoms with Crippen LogP contribution in [-0.4, -0.2) is 28.1 Å². The molecule has 2 amide bonds. The Morgan fingerprint density at radius 1 is 0.970 bits per heavy atom. The van der Waals surface area contributed by atoms with E-state index in [-0.39, 0.29) is 17.7 Å². The molecule has 2 atom stereocenters. The number of aryl methyl sites for hydroxylation is 1. The third-order valence-electron chi connectivity index (χ3n) is 5.64. The second-order valence-electron chi connectivity index (χ2n) is 8.27. The molecule has 1 aromatic heterocycles. The van der Waals surface area contributed by atoms with Gasteiger partial charge in [-0.2, -0.15) is 0 Å². The second kappa shape index (κ2) is 12.3. The van der Waals surface area contributed by atoms with Gasteiger partial charge in [0.15, 0.2) is 0 Å². The first-order chi connectivity index (χ1) is 16.0. The Kier molecular flexibility index (Phi) is 9.13. The van der Waals surface area contributed by atoms with Crippen LogP contribution in [0.2, 0.25) is 0 Å². The highest BCUT2D eigenvalue weighted by Gasteiger charge is 2.26. The minimum Gasteiger partial charge on any atom is -0.344 e. The van der Waals surface area contributed by atoms with Crippen LogP contribution in [0, 0.1) is 12.8 Å². The number of carbonyl (C=O) groups excluding carboxylic acids is 2. The quantitative estimate of drug-likeness (QED) is 0.398. The maximum absolute atomic E-state index is 13.2. The Morgan fingerprint density at radius 3 is 2.36 bits per heavy atom. The number of aromatic nitrogens is 2. The van der Waals surface area contributed by atoms with Crippen molar-refractivity contribution >= 4 is 28.3 Å². The van der Waals surface area contributed by atoms with Crippen LogP contribution in [0.15, 0.2) is 54.6 Å². The number of hydrogen-bond donors (Lipinski definition) is 2. The normalized spacial score (nSPS) is 12.7. The fraction of sp³-hybridized carbons (Fsp3) is 0.385. The summed E-state index contributed by atoms with van der Waals surface area (Å²) < 4.78 is 0. The average Bonchev–Trinajstić information content (AvgIpc) is 3.28. The van der Waals surface area contributed by atoms with Crippen molar-refractivity contribution in [3.8, 4) is 10.6 Å². The van der Waals surface area contributed by atoms with Gasteiger partial charge >= 0.3 is 0 Å². The Hall–Kier alpha value is -3.06. The van der Waals surface area contributed by atoms with Crippen molar-refractivity contribution in [2.75, 3.05) is 5.32 Å². The van der Waals surface area contributed by atoms with E-state index in [1.165, 1.54) is 16.9 Å². The van der Waals surface area contributed by atoms with Gasteiger partial charge in [-0.25, -0.2) is 0 Å². The molecule has 3 rings (SSSR count). The molecule has 0 unspecified atom stereocenters. The number of anilines is 1. The lowest BCUT2D eigenvalue weighted by atomic mass is 9.97. The van der Waals surface area contributed by atoms with Gasteiger partial charge in [-0.05, 0) is 25.3 Å². The number of hydrogen-bond acceptors (Lipinski definition) is 5. The van der Waals surface area contributed by atoms with Gasteiger partial charge in [0.1, 0.15) is 11.0 Å². The molecule has 7 heteroatoms. The van der Waals surface area contributed by atoms with Crippen molar-refractivity contribution in [1.29, 1.82) is 0 Å². The molecule has 0 saturated carbocycles. The molecule has 1 heterocycles. The first kappa shape index (κ1) is 24.6. The molecule has 2 N–H and O–H groups in total. The van der Waals surface area contributed by atoms with Crippen molar-refractivity contribution < 1.29 is 9.59 Å². The van der Waals surface area contributed by atoms with Crippen LogP contribution in [0.4, 0.5) is 5.13 Å². The molecule has 174 valence electrons. The summed E-state index contributed by atoms with van der Waals surface area (Å²) in [5, 5.41) is 15.4. The van der Waals surface area contributed by atoms with Gasteiger partial charge < -0.3 is 5.32 Å². The van der Waals surface area contributed by atoms with Crippen molar-refractivity contribution in [2.24, 2.45) is 5.92 Å². The lowest BCUT2D eigenvalue weighted by Gasteiger charge is -2.21. The molecular formula is C26H32N4O2S. The zero-order valence-electron chi connectivity index (χ0n) is 19.5. The molecule has 33 heavy (non-hydrogen) atoms. The first-order valence-electron chi connectivity index (χ1n) is 11.6. The largest absolute Gasteiger partial charge is 0.344 e. The molecule has 0 aliphatic rings. The number of nitrogens with one attached hydrogen (secondary N) is 2. The fourth-order valence-corrected chi connectivity index (χ4v) is 4.35. The highest BCUT2D eigenvalue weighted by atomic mass is 32.1. The minimum atomic E-state index is -0.692. The molecule has 0 bridgehead atoms. The number of benzene rings is 2. The van der Waals surface area contributed by atoms with E-state index in [1.54, 1.807) is 0 Å². The van der Waals surface area contributed by atoms with Gasteiger partial charge in [0.25, 0.3) is 0 Å². The summed E-state index contributed by atoms with van der Waals surface area (Å²) >= 11 is 1.32. The molecule has 0 aliphatic carbocycles. The fourth-order valence-electron chi connectivity index (χ4n) is 3.60. The summed E-state index contributed by atoms with van der Waals surface area (Å²) in [5.74, 6) is -0.450. The predicted molar refractivity (Wildman–Crippen MR) is 134 cm³/mol.